The summed E-state index contributed by atoms with van der Waals surface area (Å²) < 4.78 is 13.5. The van der Waals surface area contributed by atoms with Gasteiger partial charge in [-0.25, -0.2) is 0 Å². The molecule has 1 saturated heterocycles. The number of hydrogen-bond acceptors (Lipinski definition) is 6. The Morgan fingerprint density at radius 3 is 3.16 bits per heavy atom. The molecule has 0 aliphatic carbocycles. The molecule has 0 radical (unpaired) electrons. The molecule has 2 aromatic rings. The van der Waals surface area contributed by atoms with Crippen LogP contribution < -0.4 is 0 Å². The predicted octanol–water partition coefficient (Wildman–Crippen LogP) is 0.525. The van der Waals surface area contributed by atoms with Crippen molar-refractivity contribution in [2.24, 2.45) is 0 Å². The van der Waals surface area contributed by atoms with Crippen molar-refractivity contribution in [1.29, 1.82) is 0 Å². The topological polar surface area (TPSA) is 75.6 Å². The van der Waals surface area contributed by atoms with Gasteiger partial charge in [-0.3, -0.25) is 4.79 Å². The first-order valence-electron chi connectivity index (χ1n) is 6.01. The Hall–Kier alpha value is -1.57. The molecule has 1 aromatic heterocycles. The number of carbonyl (C=O) groups is 1. The van der Waals surface area contributed by atoms with E-state index in [1.165, 1.54) is 0 Å². The number of aliphatic hydroxyl groups excluding tert-OH is 1. The van der Waals surface area contributed by atoms with Crippen molar-refractivity contribution in [1.82, 2.24) is 13.6 Å². The van der Waals surface area contributed by atoms with Crippen LogP contribution in [0.5, 0.6) is 0 Å². The maximum Gasteiger partial charge on any atom is 0.254 e. The van der Waals surface area contributed by atoms with Crippen LogP contribution in [-0.4, -0.2) is 57.1 Å². The van der Waals surface area contributed by atoms with Crippen molar-refractivity contribution in [2.45, 2.75) is 6.04 Å². The highest BCUT2D eigenvalue weighted by Gasteiger charge is 2.27. The van der Waals surface area contributed by atoms with Gasteiger partial charge in [-0.15, -0.1) is 0 Å². The van der Waals surface area contributed by atoms with Crippen LogP contribution in [0, 0.1) is 0 Å². The number of ether oxygens (including phenoxy) is 1. The molecule has 3 rings (SSSR count). The maximum atomic E-state index is 12.4. The largest absolute Gasteiger partial charge is 0.394 e. The van der Waals surface area contributed by atoms with E-state index in [-0.39, 0.29) is 18.6 Å². The number of aromatic nitrogens is 2. The van der Waals surface area contributed by atoms with Gasteiger partial charge in [0.1, 0.15) is 11.0 Å². The molecular weight excluding hydrogens is 266 g/mol. The van der Waals surface area contributed by atoms with Crippen LogP contribution >= 0.6 is 11.7 Å². The second-order valence-corrected chi connectivity index (χ2v) is 4.91. The van der Waals surface area contributed by atoms with E-state index in [1.54, 1.807) is 23.1 Å². The molecule has 1 atom stereocenters. The van der Waals surface area contributed by atoms with Gasteiger partial charge < -0.3 is 14.7 Å². The smallest absolute Gasteiger partial charge is 0.254 e. The molecule has 1 N–H and O–H groups in total. The first-order valence-corrected chi connectivity index (χ1v) is 6.74. The lowest BCUT2D eigenvalue weighted by atomic mass is 10.1. The molecule has 1 aliphatic heterocycles. The number of morpholine rings is 1. The van der Waals surface area contributed by atoms with Crippen LogP contribution in [0.25, 0.3) is 11.0 Å². The van der Waals surface area contributed by atoms with E-state index < -0.39 is 0 Å². The zero-order valence-electron chi connectivity index (χ0n) is 10.2. The molecule has 6 nitrogen and oxygen atoms in total. The minimum atomic E-state index is -0.273. The zero-order chi connectivity index (χ0) is 13.2. The molecule has 1 aliphatic rings. The zero-order valence-corrected chi connectivity index (χ0v) is 11.0. The van der Waals surface area contributed by atoms with Crippen LogP contribution in [-0.2, 0) is 4.74 Å². The van der Waals surface area contributed by atoms with Crippen molar-refractivity contribution in [3.8, 4) is 0 Å². The van der Waals surface area contributed by atoms with Crippen LogP contribution in [0.1, 0.15) is 10.4 Å². The van der Waals surface area contributed by atoms with Gasteiger partial charge >= 0.3 is 0 Å². The standard InChI is InChI=1S/C12H13N3O3S/c16-6-9-7-18-4-3-15(9)12(17)8-1-2-10-11(5-8)14-19-13-10/h1-2,5,9,16H,3-4,6-7H2/t9-/m1/s1. The molecule has 1 amide bonds. The molecule has 19 heavy (non-hydrogen) atoms. The third kappa shape index (κ3) is 2.32. The van der Waals surface area contributed by atoms with E-state index in [2.05, 4.69) is 8.75 Å². The first-order chi connectivity index (χ1) is 9.29. The predicted molar refractivity (Wildman–Crippen MR) is 70.1 cm³/mol. The number of fused-ring (bicyclic) bond motifs is 1. The Bertz CT molecular complexity index is 601. The molecule has 0 saturated carbocycles. The molecule has 1 aromatic carbocycles. The van der Waals surface area contributed by atoms with Gasteiger partial charge in [-0.2, -0.15) is 8.75 Å². The first kappa shape index (κ1) is 12.5. The summed E-state index contributed by atoms with van der Waals surface area (Å²) in [6, 6.07) is 5.01. The lowest BCUT2D eigenvalue weighted by Crippen LogP contribution is -2.50. The average Bonchev–Trinajstić information content (AvgIpc) is 2.93. The number of hydrogen-bond donors (Lipinski definition) is 1. The Kier molecular flexibility index (Phi) is 3.41. The summed E-state index contributed by atoms with van der Waals surface area (Å²) in [4.78, 5) is 14.1. The van der Waals surface area contributed by atoms with Crippen molar-refractivity contribution in [3.05, 3.63) is 23.8 Å². The number of carbonyl (C=O) groups excluding carboxylic acids is 1. The number of nitrogens with zero attached hydrogens (tertiary/aromatic N) is 3. The van der Waals surface area contributed by atoms with Crippen LogP contribution in [0.3, 0.4) is 0 Å². The number of benzene rings is 1. The second kappa shape index (κ2) is 5.20. The van der Waals surface area contributed by atoms with Crippen molar-refractivity contribution in [3.63, 3.8) is 0 Å². The van der Waals surface area contributed by atoms with Gasteiger partial charge in [0.25, 0.3) is 5.91 Å². The lowest BCUT2D eigenvalue weighted by Gasteiger charge is -2.34. The van der Waals surface area contributed by atoms with E-state index in [9.17, 15) is 9.90 Å². The molecule has 0 bridgehead atoms. The fourth-order valence-corrected chi connectivity index (χ4v) is 2.67. The van der Waals surface area contributed by atoms with Gasteiger partial charge in [0.05, 0.1) is 37.6 Å². The number of amides is 1. The van der Waals surface area contributed by atoms with Gasteiger partial charge in [0, 0.05) is 12.1 Å². The summed E-state index contributed by atoms with van der Waals surface area (Å²) >= 11 is 1.13. The van der Waals surface area contributed by atoms with E-state index in [4.69, 9.17) is 4.74 Å². The average molecular weight is 279 g/mol. The van der Waals surface area contributed by atoms with E-state index in [0.717, 1.165) is 22.8 Å². The van der Waals surface area contributed by atoms with Crippen LogP contribution in [0.4, 0.5) is 0 Å². The highest BCUT2D eigenvalue weighted by molar-refractivity contribution is 7.00. The van der Waals surface area contributed by atoms with E-state index in [1.807, 2.05) is 0 Å². The Morgan fingerprint density at radius 2 is 2.32 bits per heavy atom. The lowest BCUT2D eigenvalue weighted by molar-refractivity contribution is -0.0183. The molecule has 1 fully saturated rings. The van der Waals surface area contributed by atoms with E-state index in [0.29, 0.717) is 25.3 Å². The maximum absolute atomic E-state index is 12.4. The Balaban J connectivity index is 1.89. The summed E-state index contributed by atoms with van der Waals surface area (Å²) in [5.74, 6) is -0.0998. The monoisotopic (exact) mass is 279 g/mol. The minimum absolute atomic E-state index is 0.0910. The van der Waals surface area contributed by atoms with Gasteiger partial charge in [-0.05, 0) is 18.2 Å². The minimum Gasteiger partial charge on any atom is -0.394 e. The normalized spacial score (nSPS) is 19.8. The number of aliphatic hydroxyl groups is 1. The summed E-state index contributed by atoms with van der Waals surface area (Å²) in [6.07, 6.45) is 0. The fourth-order valence-electron chi connectivity index (χ4n) is 2.15. The SMILES string of the molecule is O=C(c1ccc2nsnc2c1)N1CCOC[C@H]1CO. The molecule has 0 spiro atoms. The highest BCUT2D eigenvalue weighted by Crippen LogP contribution is 2.17. The van der Waals surface area contributed by atoms with Crippen LogP contribution in [0.2, 0.25) is 0 Å². The third-order valence-corrected chi connectivity index (χ3v) is 3.76. The van der Waals surface area contributed by atoms with Gasteiger partial charge in [0.15, 0.2) is 0 Å². The summed E-state index contributed by atoms with van der Waals surface area (Å²) in [5, 5.41) is 9.30. The molecule has 2 heterocycles. The van der Waals surface area contributed by atoms with Gasteiger partial charge in [-0.1, -0.05) is 0 Å². The highest BCUT2D eigenvalue weighted by atomic mass is 32.1. The Morgan fingerprint density at radius 1 is 1.47 bits per heavy atom. The van der Waals surface area contributed by atoms with E-state index >= 15 is 0 Å². The van der Waals surface area contributed by atoms with Crippen molar-refractivity contribution >= 4 is 28.7 Å². The third-order valence-electron chi connectivity index (χ3n) is 3.20. The second-order valence-electron chi connectivity index (χ2n) is 4.38. The molecule has 0 unspecified atom stereocenters. The summed E-state index contributed by atoms with van der Waals surface area (Å²) in [7, 11) is 0. The quantitative estimate of drug-likeness (QED) is 0.867. The molecule has 7 heteroatoms. The van der Waals surface area contributed by atoms with Crippen LogP contribution in [0.15, 0.2) is 18.2 Å². The summed E-state index contributed by atoms with van der Waals surface area (Å²) in [6.45, 7) is 1.29. The fraction of sp³-hybridized carbons (Fsp3) is 0.417. The number of rotatable bonds is 2. The van der Waals surface area contributed by atoms with Crippen molar-refractivity contribution in [2.75, 3.05) is 26.4 Å². The summed E-state index contributed by atoms with van der Waals surface area (Å²) in [5.41, 5.74) is 2.09. The molecular formula is C12H13N3O3S. The van der Waals surface area contributed by atoms with Gasteiger partial charge in [0.2, 0.25) is 0 Å². The Labute approximate surface area is 113 Å². The van der Waals surface area contributed by atoms with Crippen molar-refractivity contribution < 1.29 is 14.6 Å². The molecule has 100 valence electrons.